The number of aliphatic carboxylic acids is 1. The normalized spacial score (nSPS) is 16.2. The molecule has 3 heteroatoms. The first kappa shape index (κ1) is 10.9. The van der Waals surface area contributed by atoms with Gasteiger partial charge in [0.05, 0.1) is 0 Å². The Kier molecular flexibility index (Phi) is 3.04. The van der Waals surface area contributed by atoms with Crippen molar-refractivity contribution in [3.63, 3.8) is 0 Å². The highest BCUT2D eigenvalue weighted by atomic mass is 19.1. The summed E-state index contributed by atoms with van der Waals surface area (Å²) in [7, 11) is 0. The zero-order chi connectivity index (χ0) is 11.5. The number of halogens is 1. The van der Waals surface area contributed by atoms with Gasteiger partial charge in [-0.3, -0.25) is 0 Å². The predicted molar refractivity (Wildman–Crippen MR) is 58.5 cm³/mol. The van der Waals surface area contributed by atoms with E-state index in [9.17, 15) is 9.18 Å². The van der Waals surface area contributed by atoms with Gasteiger partial charge in [0.1, 0.15) is 5.82 Å². The molecule has 84 valence electrons. The molecule has 1 N–H and O–H groups in total. The van der Waals surface area contributed by atoms with Crippen LogP contribution in [0.3, 0.4) is 0 Å². The maximum absolute atomic E-state index is 12.7. The van der Waals surface area contributed by atoms with Crippen molar-refractivity contribution < 1.29 is 14.3 Å². The average molecular weight is 220 g/mol. The minimum Gasteiger partial charge on any atom is -0.478 e. The Balaban J connectivity index is 2.11. The lowest BCUT2D eigenvalue weighted by Gasteiger charge is -2.05. The molecule has 1 aliphatic rings. The summed E-state index contributed by atoms with van der Waals surface area (Å²) in [5.41, 5.74) is 1.90. The first-order valence-corrected chi connectivity index (χ1v) is 5.33. The van der Waals surface area contributed by atoms with Crippen molar-refractivity contribution in [2.24, 2.45) is 5.92 Å². The number of carboxylic acid groups (broad SMARTS) is 1. The Morgan fingerprint density at radius 2 is 2.00 bits per heavy atom. The number of carbonyl (C=O) groups is 1. The van der Waals surface area contributed by atoms with Crippen LogP contribution in [0.25, 0.3) is 0 Å². The summed E-state index contributed by atoms with van der Waals surface area (Å²) in [6.45, 7) is 0. The molecule has 0 aromatic heterocycles. The van der Waals surface area contributed by atoms with Gasteiger partial charge in [0, 0.05) is 6.08 Å². The van der Waals surface area contributed by atoms with Gasteiger partial charge in [-0.2, -0.15) is 0 Å². The summed E-state index contributed by atoms with van der Waals surface area (Å²) in [5.74, 6) is -0.746. The van der Waals surface area contributed by atoms with Gasteiger partial charge in [-0.25, -0.2) is 9.18 Å². The van der Waals surface area contributed by atoms with Crippen molar-refractivity contribution in [2.45, 2.75) is 19.3 Å². The van der Waals surface area contributed by atoms with Crippen molar-refractivity contribution in [2.75, 3.05) is 0 Å². The highest BCUT2D eigenvalue weighted by molar-refractivity contribution is 5.81. The van der Waals surface area contributed by atoms with Gasteiger partial charge in [0.2, 0.25) is 0 Å². The number of carboxylic acids is 1. The third-order valence-corrected chi connectivity index (χ3v) is 2.73. The topological polar surface area (TPSA) is 37.3 Å². The van der Waals surface area contributed by atoms with E-state index in [4.69, 9.17) is 5.11 Å². The van der Waals surface area contributed by atoms with Crippen molar-refractivity contribution >= 4 is 5.97 Å². The summed E-state index contributed by atoms with van der Waals surface area (Å²) in [6.07, 6.45) is 4.04. The minimum absolute atomic E-state index is 0.265. The first-order valence-electron chi connectivity index (χ1n) is 5.33. The van der Waals surface area contributed by atoms with Crippen LogP contribution < -0.4 is 0 Å². The molecule has 2 rings (SSSR count). The molecule has 0 radical (unpaired) electrons. The van der Waals surface area contributed by atoms with E-state index in [2.05, 4.69) is 0 Å². The minimum atomic E-state index is -0.899. The highest BCUT2D eigenvalue weighted by Gasteiger charge is 2.26. The highest BCUT2D eigenvalue weighted by Crippen LogP contribution is 2.37. The molecule has 1 aromatic carbocycles. The molecule has 1 aromatic rings. The number of allylic oxidation sites excluding steroid dienone is 1. The number of hydrogen-bond acceptors (Lipinski definition) is 1. The Labute approximate surface area is 93.4 Å². The zero-order valence-electron chi connectivity index (χ0n) is 8.82. The van der Waals surface area contributed by atoms with Crippen molar-refractivity contribution in [3.05, 3.63) is 47.3 Å². The third-order valence-electron chi connectivity index (χ3n) is 2.73. The summed E-state index contributed by atoms with van der Waals surface area (Å²) in [4.78, 5) is 10.6. The molecular formula is C13H13FO2. The summed E-state index contributed by atoms with van der Waals surface area (Å²) < 4.78 is 12.7. The second-order valence-corrected chi connectivity index (χ2v) is 4.14. The smallest absolute Gasteiger partial charge is 0.328 e. The lowest BCUT2D eigenvalue weighted by atomic mass is 10.0. The summed E-state index contributed by atoms with van der Waals surface area (Å²) >= 11 is 0. The van der Waals surface area contributed by atoms with Crippen LogP contribution in [0.4, 0.5) is 4.39 Å². The number of rotatable bonds is 4. The molecule has 16 heavy (non-hydrogen) atoms. The molecule has 0 amide bonds. The molecule has 0 spiro atoms. The average Bonchev–Trinajstić information content (AvgIpc) is 3.03. The Morgan fingerprint density at radius 3 is 2.50 bits per heavy atom. The van der Waals surface area contributed by atoms with Gasteiger partial charge in [-0.05, 0) is 42.9 Å². The second-order valence-electron chi connectivity index (χ2n) is 4.14. The number of hydrogen-bond donors (Lipinski definition) is 1. The molecule has 0 bridgehead atoms. The van der Waals surface area contributed by atoms with Crippen LogP contribution in [0.15, 0.2) is 35.9 Å². The fourth-order valence-corrected chi connectivity index (χ4v) is 1.76. The largest absolute Gasteiger partial charge is 0.478 e. The van der Waals surface area contributed by atoms with Gasteiger partial charge in [-0.15, -0.1) is 0 Å². The molecule has 2 nitrogen and oxygen atoms in total. The molecular weight excluding hydrogens is 207 g/mol. The van der Waals surface area contributed by atoms with E-state index in [1.54, 1.807) is 12.1 Å². The molecule has 0 unspecified atom stereocenters. The van der Waals surface area contributed by atoms with Gasteiger partial charge < -0.3 is 5.11 Å². The standard InChI is InChI=1S/C13H13FO2/c14-12-5-1-9(2-6-12)7-11(8-13(15)16)10-3-4-10/h1-2,5-6,8,10H,3-4,7H2,(H,15,16)/b11-8-. The van der Waals surface area contributed by atoms with Crippen LogP contribution in [0.1, 0.15) is 18.4 Å². The lowest BCUT2D eigenvalue weighted by Crippen LogP contribution is -1.98. The maximum Gasteiger partial charge on any atom is 0.328 e. The van der Waals surface area contributed by atoms with Crippen LogP contribution >= 0.6 is 0 Å². The molecule has 0 aliphatic heterocycles. The van der Waals surface area contributed by atoms with Crippen LogP contribution in [0.2, 0.25) is 0 Å². The van der Waals surface area contributed by atoms with Gasteiger partial charge >= 0.3 is 5.97 Å². The SMILES string of the molecule is O=C(O)/C=C(/Cc1ccc(F)cc1)C1CC1. The van der Waals surface area contributed by atoms with E-state index >= 15 is 0 Å². The first-order chi connectivity index (χ1) is 7.65. The Bertz CT molecular complexity index is 416. The fourth-order valence-electron chi connectivity index (χ4n) is 1.76. The molecule has 0 heterocycles. The monoisotopic (exact) mass is 220 g/mol. The van der Waals surface area contributed by atoms with Crippen LogP contribution in [-0.4, -0.2) is 11.1 Å². The Hall–Kier alpha value is -1.64. The van der Waals surface area contributed by atoms with Gasteiger partial charge in [-0.1, -0.05) is 17.7 Å². The van der Waals surface area contributed by atoms with E-state index in [1.807, 2.05) is 0 Å². The quantitative estimate of drug-likeness (QED) is 0.792. The summed E-state index contributed by atoms with van der Waals surface area (Å²) in [5, 5.41) is 8.75. The zero-order valence-corrected chi connectivity index (χ0v) is 8.82. The third kappa shape index (κ3) is 2.92. The van der Waals surface area contributed by atoms with Crippen molar-refractivity contribution in [3.8, 4) is 0 Å². The van der Waals surface area contributed by atoms with E-state index < -0.39 is 5.97 Å². The van der Waals surface area contributed by atoms with Gasteiger partial charge in [0.25, 0.3) is 0 Å². The van der Waals surface area contributed by atoms with Gasteiger partial charge in [0.15, 0.2) is 0 Å². The summed E-state index contributed by atoms with van der Waals surface area (Å²) in [6, 6.07) is 6.21. The van der Waals surface area contributed by atoms with Crippen LogP contribution in [-0.2, 0) is 11.2 Å². The van der Waals surface area contributed by atoms with Crippen molar-refractivity contribution in [1.29, 1.82) is 0 Å². The van der Waals surface area contributed by atoms with E-state index in [0.29, 0.717) is 12.3 Å². The molecule has 1 fully saturated rings. The van der Waals surface area contributed by atoms with E-state index in [-0.39, 0.29) is 5.82 Å². The van der Waals surface area contributed by atoms with E-state index in [0.717, 1.165) is 24.0 Å². The molecule has 1 aliphatic carbocycles. The van der Waals surface area contributed by atoms with E-state index in [1.165, 1.54) is 18.2 Å². The predicted octanol–water partition coefficient (Wildman–Crippen LogP) is 2.79. The van der Waals surface area contributed by atoms with Crippen molar-refractivity contribution in [1.82, 2.24) is 0 Å². The second kappa shape index (κ2) is 4.47. The molecule has 1 saturated carbocycles. The maximum atomic E-state index is 12.7. The fraction of sp³-hybridized carbons (Fsp3) is 0.308. The van der Waals surface area contributed by atoms with Crippen LogP contribution in [0, 0.1) is 11.7 Å². The molecule has 0 saturated heterocycles. The lowest BCUT2D eigenvalue weighted by molar-refractivity contribution is -0.131. The number of benzene rings is 1. The molecule has 0 atom stereocenters. The van der Waals surface area contributed by atoms with Crippen LogP contribution in [0.5, 0.6) is 0 Å². The Morgan fingerprint density at radius 1 is 1.38 bits per heavy atom.